The minimum atomic E-state index is -5.70. The number of carbonyl (C=O) groups excluding carboxylic acids is 3. The molecule has 4 bridgehead atoms. The van der Waals surface area contributed by atoms with Crippen LogP contribution >= 0.6 is 22.6 Å². The van der Waals surface area contributed by atoms with Crippen LogP contribution in [0.5, 0.6) is 11.5 Å². The van der Waals surface area contributed by atoms with Crippen molar-refractivity contribution in [3.05, 3.63) is 50.6 Å². The van der Waals surface area contributed by atoms with Gasteiger partial charge in [0.2, 0.25) is 17.4 Å². The Labute approximate surface area is 226 Å². The van der Waals surface area contributed by atoms with E-state index in [1.165, 1.54) is 12.1 Å². The van der Waals surface area contributed by atoms with Gasteiger partial charge in [-0.3, -0.25) is 14.1 Å². The van der Waals surface area contributed by atoms with Crippen LogP contribution in [0.25, 0.3) is 0 Å². The summed E-state index contributed by atoms with van der Waals surface area (Å²) in [4.78, 5) is 36.4. The molecule has 0 radical (unpaired) electrons. The molecule has 38 heavy (non-hydrogen) atoms. The zero-order valence-electron chi connectivity index (χ0n) is 19.1. The normalized spacial score (nSPS) is 25.9. The van der Waals surface area contributed by atoms with Crippen LogP contribution < -0.4 is 9.47 Å². The molecule has 202 valence electrons. The topological polar surface area (TPSA) is 124 Å². The third kappa shape index (κ3) is 4.39. The summed E-state index contributed by atoms with van der Waals surface area (Å²) in [5, 5.41) is 0. The summed E-state index contributed by atoms with van der Waals surface area (Å²) in [7, 11) is -5.70. The van der Waals surface area contributed by atoms with Gasteiger partial charge in [0.15, 0.2) is 16.5 Å². The second-order valence-electron chi connectivity index (χ2n) is 9.84. The standard InChI is InChI=1S/C24H17F4IO8S/c25-15-17(27)21(38(33,34)35)18(28)16(26)20(15)37-22(31)13-2-1-12(29)5-14(13)36-23(32)24-6-9-3-10(7-24)19(30)11(4-9)8-24/h1-2,5,9-11H,3-4,6-8H2,(H,33,34,35). The maximum absolute atomic E-state index is 14.4. The number of benzene rings is 2. The van der Waals surface area contributed by atoms with Gasteiger partial charge in [-0.1, -0.05) is 0 Å². The summed E-state index contributed by atoms with van der Waals surface area (Å²) in [6, 6.07) is 3.74. The summed E-state index contributed by atoms with van der Waals surface area (Å²) in [6.07, 6.45) is 2.58. The maximum Gasteiger partial charge on any atom is 0.347 e. The summed E-state index contributed by atoms with van der Waals surface area (Å²) in [6.45, 7) is 0. The van der Waals surface area contributed by atoms with Crippen molar-refractivity contribution >= 4 is 50.4 Å². The number of esters is 2. The largest absolute Gasteiger partial charge is 0.425 e. The SMILES string of the molecule is O=C(Oc1c(F)c(F)c(S(=O)(=O)O)c(F)c1F)c1ccc(I)cc1OC(=O)C12CC3CC(C1)C(=O)C(C3)C2. The van der Waals surface area contributed by atoms with Crippen molar-refractivity contribution < 1.29 is 54.4 Å². The number of carbonyl (C=O) groups is 3. The van der Waals surface area contributed by atoms with E-state index in [9.17, 15) is 40.4 Å². The molecule has 2 aromatic rings. The van der Waals surface area contributed by atoms with Crippen molar-refractivity contribution in [2.45, 2.75) is 37.0 Å². The van der Waals surface area contributed by atoms with Crippen molar-refractivity contribution in [2.75, 3.05) is 0 Å². The Balaban J connectivity index is 1.45. The Morgan fingerprint density at radius 1 is 0.947 bits per heavy atom. The minimum absolute atomic E-state index is 0.145. The van der Waals surface area contributed by atoms with Gasteiger partial charge in [0.05, 0.1) is 5.41 Å². The van der Waals surface area contributed by atoms with Crippen molar-refractivity contribution in [1.82, 2.24) is 0 Å². The Hall–Kier alpha value is -2.59. The van der Waals surface area contributed by atoms with Gasteiger partial charge in [-0.05, 0) is 78.8 Å². The zero-order chi connectivity index (χ0) is 27.7. The first-order valence-electron chi connectivity index (χ1n) is 11.3. The second kappa shape index (κ2) is 9.26. The van der Waals surface area contributed by atoms with Crippen LogP contribution in [-0.4, -0.2) is 30.7 Å². The van der Waals surface area contributed by atoms with Crippen molar-refractivity contribution in [1.29, 1.82) is 0 Å². The number of rotatable bonds is 5. The molecule has 2 unspecified atom stereocenters. The van der Waals surface area contributed by atoms with Crippen molar-refractivity contribution in [3.63, 3.8) is 0 Å². The second-order valence-corrected chi connectivity index (χ2v) is 12.4. The highest BCUT2D eigenvalue weighted by atomic mass is 127. The van der Waals surface area contributed by atoms with E-state index in [1.54, 1.807) is 0 Å². The van der Waals surface area contributed by atoms with Gasteiger partial charge in [-0.15, -0.1) is 0 Å². The molecular weight excluding hydrogens is 651 g/mol. The van der Waals surface area contributed by atoms with E-state index in [1.807, 2.05) is 22.6 Å². The molecule has 2 atom stereocenters. The van der Waals surface area contributed by atoms with Crippen LogP contribution in [-0.2, 0) is 19.7 Å². The monoisotopic (exact) mass is 668 g/mol. The summed E-state index contributed by atoms with van der Waals surface area (Å²) >= 11 is 1.85. The quantitative estimate of drug-likeness (QED) is 0.122. The molecule has 0 amide bonds. The third-order valence-corrected chi connectivity index (χ3v) is 8.97. The van der Waals surface area contributed by atoms with Gasteiger partial charge in [0.1, 0.15) is 17.1 Å². The minimum Gasteiger partial charge on any atom is -0.425 e. The summed E-state index contributed by atoms with van der Waals surface area (Å²) < 4.78 is 98.8. The number of halogens is 5. The van der Waals surface area contributed by atoms with Crippen LogP contribution in [0, 0.1) is 50.0 Å². The Morgan fingerprint density at radius 3 is 2.08 bits per heavy atom. The van der Waals surface area contributed by atoms with Crippen molar-refractivity contribution in [2.24, 2.45) is 23.2 Å². The van der Waals surface area contributed by atoms with Gasteiger partial charge in [-0.25, -0.2) is 13.6 Å². The molecule has 6 rings (SSSR count). The third-order valence-electron chi connectivity index (χ3n) is 7.43. The van der Waals surface area contributed by atoms with Gasteiger partial charge >= 0.3 is 22.1 Å². The van der Waals surface area contributed by atoms with Crippen LogP contribution in [0.3, 0.4) is 0 Å². The van der Waals surface area contributed by atoms with Gasteiger partial charge in [0, 0.05) is 15.4 Å². The van der Waals surface area contributed by atoms with Crippen molar-refractivity contribution in [3.8, 4) is 11.5 Å². The van der Waals surface area contributed by atoms with Gasteiger partial charge < -0.3 is 9.47 Å². The fourth-order valence-corrected chi connectivity index (χ4v) is 7.10. The summed E-state index contributed by atoms with van der Waals surface area (Å²) in [5.41, 5.74) is -1.44. The number of hydrogen-bond acceptors (Lipinski definition) is 7. The lowest BCUT2D eigenvalue weighted by atomic mass is 9.49. The van der Waals surface area contributed by atoms with E-state index in [2.05, 4.69) is 4.74 Å². The lowest BCUT2D eigenvalue weighted by Gasteiger charge is -2.53. The number of ether oxygens (including phenoxy) is 2. The van der Waals surface area contributed by atoms with Crippen LogP contribution in [0.2, 0.25) is 0 Å². The molecule has 0 aromatic heterocycles. The molecule has 14 heteroatoms. The predicted octanol–water partition coefficient (Wildman–Crippen LogP) is 4.61. The fraction of sp³-hybridized carbons (Fsp3) is 0.375. The fourth-order valence-electron chi connectivity index (χ4n) is 6.01. The highest BCUT2D eigenvalue weighted by Gasteiger charge is 2.59. The zero-order valence-corrected chi connectivity index (χ0v) is 22.1. The lowest BCUT2D eigenvalue weighted by molar-refractivity contribution is -0.167. The average molecular weight is 668 g/mol. The Bertz CT molecular complexity index is 1480. The first-order chi connectivity index (χ1) is 17.7. The molecule has 4 saturated carbocycles. The summed E-state index contributed by atoms with van der Waals surface area (Å²) in [5.74, 6) is -14.4. The molecule has 0 spiro atoms. The highest BCUT2D eigenvalue weighted by molar-refractivity contribution is 14.1. The lowest BCUT2D eigenvalue weighted by Crippen LogP contribution is -2.55. The van der Waals surface area contributed by atoms with E-state index < -0.39 is 66.9 Å². The number of hydrogen-bond donors (Lipinski definition) is 1. The molecular formula is C24H17F4IO8S. The van der Waals surface area contributed by atoms with Crippen LogP contribution in [0.15, 0.2) is 23.1 Å². The van der Waals surface area contributed by atoms with Crippen LogP contribution in [0.4, 0.5) is 17.6 Å². The first kappa shape index (κ1) is 27.0. The smallest absolute Gasteiger partial charge is 0.347 e. The molecule has 0 aliphatic heterocycles. The van der Waals surface area contributed by atoms with E-state index in [-0.39, 0.29) is 29.3 Å². The van der Waals surface area contributed by atoms with E-state index in [0.717, 1.165) is 6.07 Å². The molecule has 4 aliphatic rings. The molecule has 1 N–H and O–H groups in total. The Kier molecular flexibility index (Phi) is 6.58. The van der Waals surface area contributed by atoms with E-state index in [0.29, 0.717) is 35.7 Å². The first-order valence-corrected chi connectivity index (χ1v) is 13.8. The molecule has 0 heterocycles. The highest BCUT2D eigenvalue weighted by Crippen LogP contribution is 2.59. The van der Waals surface area contributed by atoms with E-state index >= 15 is 0 Å². The van der Waals surface area contributed by atoms with E-state index in [4.69, 9.17) is 9.29 Å². The number of Topliss-reactive ketones (excluding diaryl/α,β-unsaturated/α-hetero) is 1. The van der Waals surface area contributed by atoms with Crippen LogP contribution in [0.1, 0.15) is 42.5 Å². The molecule has 8 nitrogen and oxygen atoms in total. The molecule has 4 aliphatic carbocycles. The molecule has 4 fully saturated rings. The van der Waals surface area contributed by atoms with Gasteiger partial charge in [-0.2, -0.15) is 17.2 Å². The molecule has 0 saturated heterocycles. The predicted molar refractivity (Wildman–Crippen MR) is 127 cm³/mol. The average Bonchev–Trinajstić information content (AvgIpc) is 2.82. The molecule has 2 aromatic carbocycles. The van der Waals surface area contributed by atoms with Gasteiger partial charge in [0.25, 0.3) is 0 Å². The Morgan fingerprint density at radius 2 is 1.53 bits per heavy atom. The maximum atomic E-state index is 14.4. The number of ketones is 1.